The first-order valence-corrected chi connectivity index (χ1v) is 9.26. The number of carbonyl (C=O) groups excluding carboxylic acids is 1. The Hall–Kier alpha value is -2.04. The fraction of sp³-hybridized carbons (Fsp3) is 0.579. The van der Waals surface area contributed by atoms with E-state index in [-0.39, 0.29) is 0 Å². The summed E-state index contributed by atoms with van der Waals surface area (Å²) < 4.78 is 11.4. The zero-order valence-corrected chi connectivity index (χ0v) is 15.4. The van der Waals surface area contributed by atoms with Gasteiger partial charge in [0, 0.05) is 5.56 Å². The quantitative estimate of drug-likeness (QED) is 0.458. The lowest BCUT2D eigenvalue weighted by molar-refractivity contribution is -0.306. The maximum Gasteiger partial charge on any atom is 0.322 e. The normalized spacial score (nSPS) is 32.4. The van der Waals surface area contributed by atoms with Gasteiger partial charge in [0.25, 0.3) is 5.91 Å². The molecule has 1 amide bonds. The fourth-order valence-corrected chi connectivity index (χ4v) is 3.58. The summed E-state index contributed by atoms with van der Waals surface area (Å²) in [5.74, 6) is -1.64. The Labute approximate surface area is 161 Å². The van der Waals surface area contributed by atoms with Crippen molar-refractivity contribution >= 4 is 11.9 Å². The highest BCUT2D eigenvalue weighted by atomic mass is 16.7. The van der Waals surface area contributed by atoms with E-state index in [1.54, 1.807) is 25.1 Å². The molecule has 154 valence electrons. The monoisotopic (exact) mass is 395 g/mol. The van der Waals surface area contributed by atoms with Gasteiger partial charge >= 0.3 is 5.97 Å². The molecular formula is C19H25NO8. The topological polar surface area (TPSA) is 146 Å². The van der Waals surface area contributed by atoms with Gasteiger partial charge in [-0.15, -0.1) is 0 Å². The number of ether oxygens (including phenoxy) is 2. The van der Waals surface area contributed by atoms with Gasteiger partial charge in [0.1, 0.15) is 24.9 Å². The Morgan fingerprint density at radius 3 is 2.68 bits per heavy atom. The Bertz CT molecular complexity index is 739. The summed E-state index contributed by atoms with van der Waals surface area (Å²) in [5, 5.41) is 41.0. The molecule has 0 radical (unpaired) electrons. The number of carbonyl (C=O) groups is 2. The minimum atomic E-state index is -1.40. The lowest BCUT2D eigenvalue weighted by Crippen LogP contribution is -2.57. The molecule has 3 rings (SSSR count). The molecule has 28 heavy (non-hydrogen) atoms. The van der Waals surface area contributed by atoms with Crippen LogP contribution in [0.3, 0.4) is 0 Å². The van der Waals surface area contributed by atoms with Crippen LogP contribution in [0.25, 0.3) is 0 Å². The molecule has 0 bridgehead atoms. The lowest BCUT2D eigenvalue weighted by atomic mass is 9.87. The number of amides is 1. The second kappa shape index (κ2) is 8.54. The first-order chi connectivity index (χ1) is 13.3. The highest BCUT2D eigenvalue weighted by Crippen LogP contribution is 2.36. The maximum absolute atomic E-state index is 12.2. The number of rotatable bonds is 5. The average molecular weight is 395 g/mol. The predicted molar refractivity (Wildman–Crippen MR) is 95.5 cm³/mol. The van der Waals surface area contributed by atoms with Gasteiger partial charge in [-0.05, 0) is 49.4 Å². The second-order valence-electron chi connectivity index (χ2n) is 7.19. The summed E-state index contributed by atoms with van der Waals surface area (Å²) >= 11 is 0. The number of hydrogen-bond acceptors (Lipinski definition) is 7. The molecule has 0 saturated carbocycles. The van der Waals surface area contributed by atoms with Crippen molar-refractivity contribution < 1.29 is 39.5 Å². The fourth-order valence-electron chi connectivity index (χ4n) is 3.58. The SMILES string of the molecule is C[C@@H]1O[C@@H](O[C@@H]2CCCc3ccc(C(=O)NCC(=O)O)cc32)[C@@H](O)[C@H](O)[C@@H]1O. The van der Waals surface area contributed by atoms with Gasteiger partial charge in [-0.3, -0.25) is 9.59 Å². The molecule has 1 aliphatic heterocycles. The van der Waals surface area contributed by atoms with Gasteiger partial charge < -0.3 is 35.2 Å². The minimum Gasteiger partial charge on any atom is -0.480 e. The number of carboxylic acids is 1. The van der Waals surface area contributed by atoms with Gasteiger partial charge in [0.15, 0.2) is 6.29 Å². The van der Waals surface area contributed by atoms with Crippen LogP contribution < -0.4 is 5.32 Å². The second-order valence-corrected chi connectivity index (χ2v) is 7.19. The molecule has 2 aliphatic rings. The lowest BCUT2D eigenvalue weighted by Gasteiger charge is -2.41. The molecule has 9 heteroatoms. The van der Waals surface area contributed by atoms with Crippen LogP contribution in [0.15, 0.2) is 18.2 Å². The Balaban J connectivity index is 1.77. The van der Waals surface area contributed by atoms with E-state index in [1.165, 1.54) is 0 Å². The number of fused-ring (bicyclic) bond motifs is 1. The molecule has 1 aliphatic carbocycles. The van der Waals surface area contributed by atoms with Crippen molar-refractivity contribution in [1.29, 1.82) is 0 Å². The van der Waals surface area contributed by atoms with E-state index in [2.05, 4.69) is 5.32 Å². The van der Waals surface area contributed by atoms with Gasteiger partial charge in [0.05, 0.1) is 12.2 Å². The molecule has 0 aromatic heterocycles. The number of carboxylic acid groups (broad SMARTS) is 1. The largest absolute Gasteiger partial charge is 0.480 e. The van der Waals surface area contributed by atoms with Crippen LogP contribution in [0, 0.1) is 0 Å². The third kappa shape index (κ3) is 4.34. The number of aryl methyl sites for hydroxylation is 1. The van der Waals surface area contributed by atoms with E-state index in [0.717, 1.165) is 24.0 Å². The van der Waals surface area contributed by atoms with Crippen LogP contribution in [-0.4, -0.2) is 69.6 Å². The van der Waals surface area contributed by atoms with E-state index in [1.807, 2.05) is 0 Å². The highest BCUT2D eigenvalue weighted by Gasteiger charge is 2.43. The van der Waals surface area contributed by atoms with Gasteiger partial charge in [-0.1, -0.05) is 6.07 Å². The molecule has 9 nitrogen and oxygen atoms in total. The Kier molecular flexibility index (Phi) is 6.31. The zero-order chi connectivity index (χ0) is 20.4. The first kappa shape index (κ1) is 20.7. The number of hydrogen-bond donors (Lipinski definition) is 5. The first-order valence-electron chi connectivity index (χ1n) is 9.26. The van der Waals surface area contributed by atoms with Crippen molar-refractivity contribution in [2.75, 3.05) is 6.54 Å². The van der Waals surface area contributed by atoms with Crippen LogP contribution in [0.5, 0.6) is 0 Å². The molecule has 0 unspecified atom stereocenters. The molecule has 5 N–H and O–H groups in total. The summed E-state index contributed by atoms with van der Waals surface area (Å²) in [6.07, 6.45) is -4.02. The molecular weight excluding hydrogens is 370 g/mol. The Morgan fingerprint density at radius 2 is 1.96 bits per heavy atom. The molecule has 1 aromatic carbocycles. The van der Waals surface area contributed by atoms with Gasteiger partial charge in [0.2, 0.25) is 0 Å². The molecule has 1 heterocycles. The standard InChI is InChI=1S/C19H25NO8/c1-9-15(23)16(24)17(25)19(27-9)28-13-4-2-3-10-5-6-11(7-12(10)13)18(26)20-8-14(21)22/h5-7,9,13,15-17,19,23-25H,2-4,8H2,1H3,(H,20,26)(H,21,22)/t9-,13+,15+,16+,17-,19-/m0/s1. The smallest absolute Gasteiger partial charge is 0.322 e. The average Bonchev–Trinajstić information content (AvgIpc) is 2.68. The van der Waals surface area contributed by atoms with Crippen LogP contribution in [0.1, 0.15) is 47.4 Å². The van der Waals surface area contributed by atoms with Crippen molar-refractivity contribution in [3.8, 4) is 0 Å². The molecule has 1 aromatic rings. The van der Waals surface area contributed by atoms with Crippen LogP contribution in [0.2, 0.25) is 0 Å². The van der Waals surface area contributed by atoms with E-state index in [0.29, 0.717) is 12.0 Å². The van der Waals surface area contributed by atoms with E-state index >= 15 is 0 Å². The van der Waals surface area contributed by atoms with E-state index in [4.69, 9.17) is 14.6 Å². The summed E-state index contributed by atoms with van der Waals surface area (Å²) in [7, 11) is 0. The van der Waals surface area contributed by atoms with Crippen LogP contribution in [-0.2, 0) is 20.7 Å². The maximum atomic E-state index is 12.2. The number of benzene rings is 1. The van der Waals surface area contributed by atoms with E-state index in [9.17, 15) is 24.9 Å². The third-order valence-electron chi connectivity index (χ3n) is 5.17. The summed E-state index contributed by atoms with van der Waals surface area (Å²) in [5.41, 5.74) is 2.06. The predicted octanol–water partition coefficient (Wildman–Crippen LogP) is -0.277. The van der Waals surface area contributed by atoms with Crippen molar-refractivity contribution in [2.45, 2.75) is 63.0 Å². The van der Waals surface area contributed by atoms with Crippen LogP contribution in [0.4, 0.5) is 0 Å². The van der Waals surface area contributed by atoms with Crippen molar-refractivity contribution in [3.05, 3.63) is 34.9 Å². The van der Waals surface area contributed by atoms with Gasteiger partial charge in [-0.2, -0.15) is 0 Å². The van der Waals surface area contributed by atoms with Gasteiger partial charge in [-0.25, -0.2) is 0 Å². The molecule has 1 fully saturated rings. The van der Waals surface area contributed by atoms with Crippen molar-refractivity contribution in [1.82, 2.24) is 5.32 Å². The number of nitrogens with one attached hydrogen (secondary N) is 1. The van der Waals surface area contributed by atoms with Crippen molar-refractivity contribution in [3.63, 3.8) is 0 Å². The van der Waals surface area contributed by atoms with Crippen molar-refractivity contribution in [2.24, 2.45) is 0 Å². The third-order valence-corrected chi connectivity index (χ3v) is 5.17. The number of aliphatic hydroxyl groups excluding tert-OH is 3. The summed E-state index contributed by atoms with van der Waals surface area (Å²) in [6.45, 7) is 1.10. The highest BCUT2D eigenvalue weighted by molar-refractivity contribution is 5.96. The number of aliphatic hydroxyl groups is 3. The van der Waals surface area contributed by atoms with Crippen LogP contribution >= 0.6 is 0 Å². The summed E-state index contributed by atoms with van der Waals surface area (Å²) in [4.78, 5) is 22.8. The molecule has 1 saturated heterocycles. The molecule has 6 atom stereocenters. The van der Waals surface area contributed by atoms with E-state index < -0.39 is 55.2 Å². The minimum absolute atomic E-state index is 0.310. The molecule has 0 spiro atoms. The summed E-state index contributed by atoms with van der Waals surface area (Å²) in [6, 6.07) is 5.09. The zero-order valence-electron chi connectivity index (χ0n) is 15.4. The Morgan fingerprint density at radius 1 is 1.21 bits per heavy atom. The number of aliphatic carboxylic acids is 1.